The van der Waals surface area contributed by atoms with Gasteiger partial charge in [-0.2, -0.15) is 0 Å². The van der Waals surface area contributed by atoms with Crippen LogP contribution < -0.4 is 15.2 Å². The molecule has 0 aliphatic heterocycles. The average Bonchev–Trinajstić information content (AvgIpc) is 2.15. The molecule has 0 spiro atoms. The second kappa shape index (κ2) is 6.59. The quantitative estimate of drug-likeness (QED) is 0.471. The minimum atomic E-state index is -3.71. The van der Waals surface area contributed by atoms with Crippen LogP contribution in [0.25, 0.3) is 0 Å². The standard InChI is InChI=1S/C7H17N3O4S3/c1-3-9-16(11,12)5-4-10-17(13,14)6(2)7(8)15/h6,9-10H,3-5H2,1-2H3,(H2,8,15). The lowest BCUT2D eigenvalue weighted by Gasteiger charge is -2.12. The van der Waals surface area contributed by atoms with Gasteiger partial charge in [-0.1, -0.05) is 19.1 Å². The molecule has 0 fully saturated rings. The maximum Gasteiger partial charge on any atom is 0.220 e. The van der Waals surface area contributed by atoms with Crippen LogP contribution in [0.3, 0.4) is 0 Å². The van der Waals surface area contributed by atoms with E-state index < -0.39 is 25.3 Å². The number of nitrogens with two attached hydrogens (primary N) is 1. The molecule has 0 amide bonds. The highest BCUT2D eigenvalue weighted by atomic mass is 32.2. The zero-order valence-corrected chi connectivity index (χ0v) is 12.1. The van der Waals surface area contributed by atoms with E-state index in [-0.39, 0.29) is 23.8 Å². The summed E-state index contributed by atoms with van der Waals surface area (Å²) >= 11 is 4.56. The van der Waals surface area contributed by atoms with Crippen LogP contribution in [0, 0.1) is 0 Å². The second-order valence-electron chi connectivity index (χ2n) is 3.30. The molecule has 17 heavy (non-hydrogen) atoms. The summed E-state index contributed by atoms with van der Waals surface area (Å²) in [6.45, 7) is 3.02. The van der Waals surface area contributed by atoms with E-state index in [4.69, 9.17) is 5.73 Å². The predicted octanol–water partition coefficient (Wildman–Crippen LogP) is -1.48. The smallest absolute Gasteiger partial charge is 0.220 e. The van der Waals surface area contributed by atoms with E-state index >= 15 is 0 Å². The maximum atomic E-state index is 11.5. The Hall–Kier alpha value is -0.290. The molecule has 1 atom stereocenters. The first kappa shape index (κ1) is 16.7. The Labute approximate surface area is 107 Å². The van der Waals surface area contributed by atoms with Crippen molar-refractivity contribution in [3.05, 3.63) is 0 Å². The zero-order valence-electron chi connectivity index (χ0n) is 9.63. The summed E-state index contributed by atoms with van der Waals surface area (Å²) in [4.78, 5) is -0.160. The monoisotopic (exact) mass is 303 g/mol. The van der Waals surface area contributed by atoms with E-state index in [1.807, 2.05) is 0 Å². The van der Waals surface area contributed by atoms with Crippen LogP contribution in [0.1, 0.15) is 13.8 Å². The summed E-state index contributed by atoms with van der Waals surface area (Å²) < 4.78 is 49.9. The van der Waals surface area contributed by atoms with Crippen molar-refractivity contribution in [2.75, 3.05) is 18.8 Å². The van der Waals surface area contributed by atoms with E-state index in [1.54, 1.807) is 6.92 Å². The fourth-order valence-electron chi connectivity index (χ4n) is 0.888. The van der Waals surface area contributed by atoms with Gasteiger partial charge in [-0.3, -0.25) is 0 Å². The number of hydrogen-bond acceptors (Lipinski definition) is 5. The molecule has 7 nitrogen and oxygen atoms in total. The third-order valence-electron chi connectivity index (χ3n) is 1.90. The normalized spacial score (nSPS) is 14.5. The summed E-state index contributed by atoms with van der Waals surface area (Å²) in [5, 5.41) is -1.03. The first-order valence-electron chi connectivity index (χ1n) is 4.87. The topological polar surface area (TPSA) is 118 Å². The predicted molar refractivity (Wildman–Crippen MR) is 70.6 cm³/mol. The van der Waals surface area contributed by atoms with Crippen molar-refractivity contribution in [2.24, 2.45) is 5.73 Å². The summed E-state index contributed by atoms with van der Waals surface area (Å²) in [7, 11) is -7.15. The number of rotatable bonds is 8. The van der Waals surface area contributed by atoms with Crippen molar-refractivity contribution in [3.63, 3.8) is 0 Å². The zero-order chi connectivity index (χ0) is 13.7. The number of hydrogen-bond donors (Lipinski definition) is 3. The first-order chi connectivity index (χ1) is 7.62. The molecule has 0 aliphatic carbocycles. The highest BCUT2D eigenvalue weighted by molar-refractivity contribution is 7.93. The van der Waals surface area contributed by atoms with Crippen LogP contribution in [0.4, 0.5) is 0 Å². The molecule has 0 radical (unpaired) electrons. The molecule has 0 rings (SSSR count). The highest BCUT2D eigenvalue weighted by Gasteiger charge is 2.23. The van der Waals surface area contributed by atoms with E-state index in [0.29, 0.717) is 0 Å². The van der Waals surface area contributed by atoms with E-state index in [1.165, 1.54) is 6.92 Å². The maximum absolute atomic E-state index is 11.5. The molecule has 1 unspecified atom stereocenters. The van der Waals surface area contributed by atoms with E-state index in [0.717, 1.165) is 0 Å². The van der Waals surface area contributed by atoms with Gasteiger partial charge < -0.3 is 5.73 Å². The molecule has 0 saturated heterocycles. The van der Waals surface area contributed by atoms with Crippen molar-refractivity contribution >= 4 is 37.3 Å². The fourth-order valence-corrected chi connectivity index (χ4v) is 3.29. The molecule has 10 heteroatoms. The van der Waals surface area contributed by atoms with Crippen molar-refractivity contribution < 1.29 is 16.8 Å². The Balaban J connectivity index is 4.36. The Morgan fingerprint density at radius 2 is 1.82 bits per heavy atom. The van der Waals surface area contributed by atoms with Crippen LogP contribution in [-0.2, 0) is 20.0 Å². The molecular weight excluding hydrogens is 286 g/mol. The van der Waals surface area contributed by atoms with Gasteiger partial charge in [-0.15, -0.1) is 0 Å². The molecule has 0 aromatic rings. The minimum absolute atomic E-state index is 0.160. The van der Waals surface area contributed by atoms with Crippen LogP contribution in [0.15, 0.2) is 0 Å². The van der Waals surface area contributed by atoms with Gasteiger partial charge in [0.25, 0.3) is 0 Å². The van der Waals surface area contributed by atoms with Gasteiger partial charge in [0.15, 0.2) is 0 Å². The lowest BCUT2D eigenvalue weighted by atomic mass is 10.5. The Morgan fingerprint density at radius 3 is 2.24 bits per heavy atom. The molecule has 0 aromatic carbocycles. The summed E-state index contributed by atoms with van der Waals surface area (Å²) in [6, 6.07) is 0. The first-order valence-corrected chi connectivity index (χ1v) is 8.48. The molecule has 0 aliphatic rings. The lowest BCUT2D eigenvalue weighted by Crippen LogP contribution is -2.42. The van der Waals surface area contributed by atoms with Gasteiger partial charge in [0.1, 0.15) is 5.25 Å². The fraction of sp³-hybridized carbons (Fsp3) is 0.857. The van der Waals surface area contributed by atoms with Crippen LogP contribution >= 0.6 is 12.2 Å². The number of nitrogens with one attached hydrogen (secondary N) is 2. The van der Waals surface area contributed by atoms with Gasteiger partial charge >= 0.3 is 0 Å². The van der Waals surface area contributed by atoms with Gasteiger partial charge in [-0.25, -0.2) is 26.3 Å². The Morgan fingerprint density at radius 1 is 1.29 bits per heavy atom. The van der Waals surface area contributed by atoms with E-state index in [9.17, 15) is 16.8 Å². The second-order valence-corrected chi connectivity index (χ2v) is 7.78. The molecule has 4 N–H and O–H groups in total. The Kier molecular flexibility index (Phi) is 6.48. The molecule has 0 heterocycles. The molecule has 102 valence electrons. The third-order valence-corrected chi connectivity index (χ3v) is 5.67. The lowest BCUT2D eigenvalue weighted by molar-refractivity contribution is 0.575. The molecule has 0 aromatic heterocycles. The van der Waals surface area contributed by atoms with Crippen molar-refractivity contribution in [2.45, 2.75) is 19.1 Å². The SMILES string of the molecule is CCNS(=O)(=O)CCNS(=O)(=O)C(C)C(N)=S. The highest BCUT2D eigenvalue weighted by Crippen LogP contribution is 1.98. The Bertz CT molecular complexity index is 457. The van der Waals surface area contributed by atoms with E-state index in [2.05, 4.69) is 21.7 Å². The minimum Gasteiger partial charge on any atom is -0.392 e. The molecular formula is C7H17N3O4S3. The van der Waals surface area contributed by atoms with Gasteiger partial charge in [-0.05, 0) is 6.92 Å². The molecule has 0 saturated carbocycles. The largest absolute Gasteiger partial charge is 0.392 e. The van der Waals surface area contributed by atoms with Crippen molar-refractivity contribution in [1.29, 1.82) is 0 Å². The summed E-state index contributed by atoms with van der Waals surface area (Å²) in [5.74, 6) is -0.329. The van der Waals surface area contributed by atoms with Crippen molar-refractivity contribution in [3.8, 4) is 0 Å². The number of sulfonamides is 2. The van der Waals surface area contributed by atoms with Crippen LogP contribution in [0.2, 0.25) is 0 Å². The van der Waals surface area contributed by atoms with Crippen LogP contribution in [0.5, 0.6) is 0 Å². The average molecular weight is 303 g/mol. The van der Waals surface area contributed by atoms with Crippen LogP contribution in [-0.4, -0.2) is 45.9 Å². The molecule has 0 bridgehead atoms. The number of thiocarbonyl (C=S) groups is 1. The van der Waals surface area contributed by atoms with Gasteiger partial charge in [0, 0.05) is 13.1 Å². The summed E-state index contributed by atoms with van der Waals surface area (Å²) in [6.07, 6.45) is 0. The summed E-state index contributed by atoms with van der Waals surface area (Å²) in [5.41, 5.74) is 5.21. The van der Waals surface area contributed by atoms with Gasteiger partial charge in [0.2, 0.25) is 20.0 Å². The van der Waals surface area contributed by atoms with Gasteiger partial charge in [0.05, 0.1) is 10.7 Å². The van der Waals surface area contributed by atoms with Crippen molar-refractivity contribution in [1.82, 2.24) is 9.44 Å². The third kappa shape index (κ3) is 6.27.